The number of nitrogens with zero attached hydrogens (tertiary/aromatic N) is 2. The van der Waals surface area contributed by atoms with Gasteiger partial charge in [-0.3, -0.25) is 10.1 Å². The first-order chi connectivity index (χ1) is 12.5. The molecule has 1 aliphatic rings. The zero-order valence-corrected chi connectivity index (χ0v) is 15.8. The van der Waals surface area contributed by atoms with Gasteiger partial charge in [-0.1, -0.05) is 38.1 Å². The van der Waals surface area contributed by atoms with Crippen LogP contribution in [0.4, 0.5) is 9.93 Å². The molecule has 26 heavy (non-hydrogen) atoms. The van der Waals surface area contributed by atoms with Crippen LogP contribution in [0, 0.1) is 5.92 Å². The highest BCUT2D eigenvalue weighted by Gasteiger charge is 2.21. The largest absolute Gasteiger partial charge is 0.449 e. The molecule has 2 heterocycles. The van der Waals surface area contributed by atoms with Gasteiger partial charge < -0.3 is 9.64 Å². The van der Waals surface area contributed by atoms with Crippen LogP contribution in [0.1, 0.15) is 30.7 Å². The minimum Gasteiger partial charge on any atom is -0.449 e. The topological polar surface area (TPSA) is 71.5 Å². The van der Waals surface area contributed by atoms with Crippen molar-refractivity contribution in [3.63, 3.8) is 0 Å². The van der Waals surface area contributed by atoms with Crippen molar-refractivity contribution >= 4 is 28.5 Å². The Morgan fingerprint density at radius 1 is 1.31 bits per heavy atom. The van der Waals surface area contributed by atoms with Crippen LogP contribution in [-0.2, 0) is 28.9 Å². The summed E-state index contributed by atoms with van der Waals surface area (Å²) in [5, 5.41) is 4.85. The monoisotopic (exact) mass is 373 g/mol. The number of carbonyl (C=O) groups is 2. The van der Waals surface area contributed by atoms with Gasteiger partial charge in [0.1, 0.15) is 0 Å². The van der Waals surface area contributed by atoms with Gasteiger partial charge in [0.05, 0.1) is 18.7 Å². The SMILES string of the molecule is CC(C)COC(=O)Nc1nc(CC(=O)N2CCc3ccccc3C2)cs1. The minimum atomic E-state index is -0.515. The van der Waals surface area contributed by atoms with E-state index < -0.39 is 6.09 Å². The third kappa shape index (κ3) is 4.82. The summed E-state index contributed by atoms with van der Waals surface area (Å²) in [7, 11) is 0. The summed E-state index contributed by atoms with van der Waals surface area (Å²) in [6.07, 6.45) is 0.605. The molecule has 138 valence electrons. The predicted octanol–water partition coefficient (Wildman–Crippen LogP) is 3.48. The molecule has 0 spiro atoms. The van der Waals surface area contributed by atoms with Gasteiger partial charge >= 0.3 is 6.09 Å². The number of fused-ring (bicyclic) bond motifs is 1. The van der Waals surface area contributed by atoms with E-state index in [0.717, 1.165) is 13.0 Å². The molecule has 1 aromatic heterocycles. The lowest BCUT2D eigenvalue weighted by molar-refractivity contribution is -0.131. The third-order valence-electron chi connectivity index (χ3n) is 4.12. The number of ether oxygens (including phenoxy) is 1. The Balaban J connectivity index is 1.53. The second-order valence-corrected chi connectivity index (χ2v) is 7.63. The summed E-state index contributed by atoms with van der Waals surface area (Å²) in [5.41, 5.74) is 3.19. The van der Waals surface area contributed by atoms with Crippen molar-refractivity contribution in [3.8, 4) is 0 Å². The Morgan fingerprint density at radius 3 is 2.85 bits per heavy atom. The minimum absolute atomic E-state index is 0.0544. The maximum atomic E-state index is 12.6. The molecule has 2 amide bonds. The number of amides is 2. The lowest BCUT2D eigenvalue weighted by Gasteiger charge is -2.28. The Hall–Kier alpha value is -2.41. The van der Waals surface area contributed by atoms with E-state index in [4.69, 9.17) is 4.74 Å². The molecule has 1 N–H and O–H groups in total. The van der Waals surface area contributed by atoms with E-state index in [1.807, 2.05) is 30.9 Å². The normalized spacial score (nSPS) is 13.4. The van der Waals surface area contributed by atoms with Crippen LogP contribution in [0.2, 0.25) is 0 Å². The molecule has 0 saturated heterocycles. The van der Waals surface area contributed by atoms with Crippen LogP contribution >= 0.6 is 11.3 Å². The van der Waals surface area contributed by atoms with Gasteiger partial charge in [0, 0.05) is 18.5 Å². The molecule has 7 heteroatoms. The molecule has 0 aliphatic carbocycles. The van der Waals surface area contributed by atoms with Crippen molar-refractivity contribution in [2.24, 2.45) is 5.92 Å². The van der Waals surface area contributed by atoms with E-state index in [1.54, 1.807) is 5.38 Å². The van der Waals surface area contributed by atoms with E-state index in [-0.39, 0.29) is 18.2 Å². The van der Waals surface area contributed by atoms with Crippen molar-refractivity contribution in [1.29, 1.82) is 0 Å². The van der Waals surface area contributed by atoms with Gasteiger partial charge in [0.2, 0.25) is 5.91 Å². The van der Waals surface area contributed by atoms with Crippen molar-refractivity contribution in [2.45, 2.75) is 33.2 Å². The zero-order chi connectivity index (χ0) is 18.5. The van der Waals surface area contributed by atoms with Crippen LogP contribution in [0.3, 0.4) is 0 Å². The van der Waals surface area contributed by atoms with Crippen molar-refractivity contribution in [3.05, 3.63) is 46.5 Å². The molecule has 0 fully saturated rings. The molecule has 3 rings (SSSR count). The third-order valence-corrected chi connectivity index (χ3v) is 4.93. The van der Waals surface area contributed by atoms with Gasteiger partial charge in [-0.05, 0) is 23.5 Å². The van der Waals surface area contributed by atoms with Crippen LogP contribution in [0.15, 0.2) is 29.6 Å². The average molecular weight is 373 g/mol. The Labute approximate surface area is 157 Å². The second-order valence-electron chi connectivity index (χ2n) is 6.77. The summed E-state index contributed by atoms with van der Waals surface area (Å²) in [6, 6.07) is 8.23. The van der Waals surface area contributed by atoms with Gasteiger partial charge in [0.25, 0.3) is 0 Å². The highest BCUT2D eigenvalue weighted by atomic mass is 32.1. The quantitative estimate of drug-likeness (QED) is 0.871. The predicted molar refractivity (Wildman–Crippen MR) is 101 cm³/mol. The Kier molecular flexibility index (Phi) is 5.88. The highest BCUT2D eigenvalue weighted by molar-refractivity contribution is 7.13. The van der Waals surface area contributed by atoms with Crippen LogP contribution in [-0.4, -0.2) is 35.0 Å². The molecular weight excluding hydrogens is 350 g/mol. The summed E-state index contributed by atoms with van der Waals surface area (Å²) in [5.74, 6) is 0.332. The number of anilines is 1. The molecule has 0 bridgehead atoms. The Bertz CT molecular complexity index is 788. The van der Waals surface area contributed by atoms with E-state index in [0.29, 0.717) is 24.0 Å². The molecule has 1 aromatic carbocycles. The number of hydrogen-bond acceptors (Lipinski definition) is 5. The molecule has 6 nitrogen and oxygen atoms in total. The molecule has 1 aliphatic heterocycles. The van der Waals surface area contributed by atoms with Gasteiger partial charge in [-0.25, -0.2) is 9.78 Å². The summed E-state index contributed by atoms with van der Waals surface area (Å²) in [6.45, 7) is 5.68. The first kappa shape index (κ1) is 18.4. The fourth-order valence-corrected chi connectivity index (χ4v) is 3.48. The average Bonchev–Trinajstić information content (AvgIpc) is 3.06. The molecule has 2 aromatic rings. The number of rotatable bonds is 5. The maximum Gasteiger partial charge on any atom is 0.413 e. The first-order valence-corrected chi connectivity index (χ1v) is 9.62. The number of hydrogen-bond donors (Lipinski definition) is 1. The van der Waals surface area contributed by atoms with E-state index in [1.165, 1.54) is 22.5 Å². The first-order valence-electron chi connectivity index (χ1n) is 8.74. The fourth-order valence-electron chi connectivity index (χ4n) is 2.79. The van der Waals surface area contributed by atoms with E-state index >= 15 is 0 Å². The fraction of sp³-hybridized carbons (Fsp3) is 0.421. The second kappa shape index (κ2) is 8.31. The number of benzene rings is 1. The lowest BCUT2D eigenvalue weighted by atomic mass is 10.00. The number of aromatic nitrogens is 1. The van der Waals surface area contributed by atoms with Crippen LogP contribution in [0.5, 0.6) is 0 Å². The molecule has 0 atom stereocenters. The van der Waals surface area contributed by atoms with Gasteiger partial charge in [0.15, 0.2) is 5.13 Å². The highest BCUT2D eigenvalue weighted by Crippen LogP contribution is 2.21. The summed E-state index contributed by atoms with van der Waals surface area (Å²) >= 11 is 1.30. The smallest absolute Gasteiger partial charge is 0.413 e. The van der Waals surface area contributed by atoms with Crippen LogP contribution < -0.4 is 5.32 Å². The van der Waals surface area contributed by atoms with Crippen LogP contribution in [0.25, 0.3) is 0 Å². The van der Waals surface area contributed by atoms with Gasteiger partial charge in [-0.15, -0.1) is 11.3 Å². The van der Waals surface area contributed by atoms with Crippen molar-refractivity contribution in [2.75, 3.05) is 18.5 Å². The summed E-state index contributed by atoms with van der Waals surface area (Å²) < 4.78 is 5.07. The summed E-state index contributed by atoms with van der Waals surface area (Å²) in [4.78, 5) is 30.4. The van der Waals surface area contributed by atoms with Gasteiger partial charge in [-0.2, -0.15) is 0 Å². The van der Waals surface area contributed by atoms with E-state index in [9.17, 15) is 9.59 Å². The zero-order valence-electron chi connectivity index (χ0n) is 15.0. The molecule has 0 saturated carbocycles. The molecular formula is C19H23N3O3S. The standard InChI is InChI=1S/C19H23N3O3S/c1-13(2)11-25-19(24)21-18-20-16(12-26-18)9-17(23)22-8-7-14-5-3-4-6-15(14)10-22/h3-6,12-13H,7-11H2,1-2H3,(H,20,21,24). The van der Waals surface area contributed by atoms with E-state index in [2.05, 4.69) is 22.4 Å². The number of nitrogens with one attached hydrogen (secondary N) is 1. The molecule has 0 unspecified atom stereocenters. The van der Waals surface area contributed by atoms with Crippen molar-refractivity contribution < 1.29 is 14.3 Å². The molecule has 0 radical (unpaired) electrons. The number of carbonyl (C=O) groups excluding carboxylic acids is 2. The lowest BCUT2D eigenvalue weighted by Crippen LogP contribution is -2.36. The number of thiazole rings is 1. The van der Waals surface area contributed by atoms with Crippen molar-refractivity contribution in [1.82, 2.24) is 9.88 Å². The Morgan fingerprint density at radius 2 is 2.08 bits per heavy atom. The maximum absolute atomic E-state index is 12.6.